The Labute approximate surface area is 547 Å². The van der Waals surface area contributed by atoms with Gasteiger partial charge in [-0.2, -0.15) is 29.9 Å². The van der Waals surface area contributed by atoms with Crippen LogP contribution in [0.4, 0.5) is 46.0 Å². The first-order valence-electron chi connectivity index (χ1n) is 19.2. The number of anilines is 5. The number of hydrogen-bond donors (Lipinski definition) is 3. The number of nitrogen functional groups attached to an aromatic ring is 1. The Kier molecular flexibility index (Phi) is 54.0. The zero-order valence-electron chi connectivity index (χ0n) is 38.5. The van der Waals surface area contributed by atoms with Crippen LogP contribution in [0.15, 0.2) is 72.8 Å². The molecule has 0 aliphatic heterocycles. The molecule has 0 atom stereocenters. The van der Waals surface area contributed by atoms with Crippen molar-refractivity contribution in [2.75, 3.05) is 18.8 Å². The van der Waals surface area contributed by atoms with Gasteiger partial charge in [-0.25, -0.2) is 4.98 Å². The molecule has 0 aliphatic carbocycles. The van der Waals surface area contributed by atoms with Gasteiger partial charge in [-0.05, 0) is 78.5 Å². The summed E-state index contributed by atoms with van der Waals surface area (Å²) < 4.78 is 1.93. The summed E-state index contributed by atoms with van der Waals surface area (Å²) in [7, 11) is 0. The zero-order chi connectivity index (χ0) is 56.5. The molecule has 21 nitrogen and oxygen atoms in total. The van der Waals surface area contributed by atoms with Crippen LogP contribution in [-0.2, 0) is 4.92 Å². The van der Waals surface area contributed by atoms with Crippen molar-refractivity contribution >= 4 is 265 Å². The number of para-hydroxylation sites is 6. The van der Waals surface area contributed by atoms with Crippen molar-refractivity contribution in [1.29, 1.82) is 0 Å². The van der Waals surface area contributed by atoms with Gasteiger partial charge >= 0.3 is 70.1 Å². The molecule has 0 saturated heterocycles. The summed E-state index contributed by atoms with van der Waals surface area (Å²) >= 11 is 45.3. The first kappa shape index (κ1) is 78.7. The summed E-state index contributed by atoms with van der Waals surface area (Å²) in [5, 5.41) is 37.3. The molecule has 0 fully saturated rings. The number of aryl methyl sites for hydroxylation is 2. The van der Waals surface area contributed by atoms with Crippen LogP contribution in [0.2, 0.25) is 26.4 Å². The number of nitro groups is 3. The van der Waals surface area contributed by atoms with Crippen LogP contribution in [0.1, 0.15) is 53.2 Å². The molecule has 0 aliphatic rings. The number of nitrogens with zero attached hydrogens (tertiary/aromatic N) is 12. The van der Waals surface area contributed by atoms with Gasteiger partial charge in [-0.15, -0.1) is 9.97 Å². The Hall–Kier alpha value is 0.164. The van der Waals surface area contributed by atoms with E-state index >= 15 is 0 Å². The summed E-state index contributed by atoms with van der Waals surface area (Å²) in [5.74, 6) is 1.45. The van der Waals surface area contributed by atoms with Crippen LogP contribution in [0.3, 0.4) is 0 Å². The van der Waals surface area contributed by atoms with Gasteiger partial charge in [-0.1, -0.05) is 191 Å². The molecular formula is C37H44Cl5I8N15O6V+. The molecule has 4 N–H and O–H groups in total. The summed E-state index contributed by atoms with van der Waals surface area (Å²) in [6.45, 7) is 15.5. The summed E-state index contributed by atoms with van der Waals surface area (Å²) in [6.07, 6.45) is 0. The van der Waals surface area contributed by atoms with Crippen molar-refractivity contribution in [3.05, 3.63) is 141 Å². The van der Waals surface area contributed by atoms with Gasteiger partial charge in [0.25, 0.3) is 17.1 Å². The molecule has 72 heavy (non-hydrogen) atoms. The number of hydrogen-bond acceptors (Lipinski definition) is 18. The molecular weight excluding hydrogens is 1990 g/mol. The minimum atomic E-state index is -0.521. The van der Waals surface area contributed by atoms with Crippen LogP contribution in [0.25, 0.3) is 0 Å². The van der Waals surface area contributed by atoms with Crippen LogP contribution < -0.4 is 16.4 Å². The van der Waals surface area contributed by atoms with E-state index in [0.717, 1.165) is -0.0619 Å². The molecule has 0 unspecified atom stereocenters. The number of alkyl halides is 5. The normalized spacial score (nSPS) is 9.04. The van der Waals surface area contributed by atoms with Gasteiger partial charge < -0.3 is 16.4 Å². The van der Waals surface area contributed by atoms with Gasteiger partial charge in [0.05, 0.1) is 17.2 Å². The fourth-order valence-electron chi connectivity index (χ4n) is 3.73. The SMILES string of the molecule is CC.CC.CC.Cc1nc(C)nc(Nc2ccccc2[N+](=O)[O-])n1.Clc1nc(Cl)nc([ClH+])n1.IC(I)I.ICI.Nc1ccccc1[N+](=O)[O-].O=[N+]([O-])c1ccccc1Nc1nc(Cl)nc(Cl)n1.[I][V]([I])[I]. The van der Waals surface area contributed by atoms with Gasteiger partial charge in [0.15, 0.2) is 11.6 Å². The Morgan fingerprint density at radius 3 is 1.10 bits per heavy atom. The molecule has 3 aromatic carbocycles. The molecule has 398 valence electrons. The van der Waals surface area contributed by atoms with Gasteiger partial charge in [-0.3, -0.25) is 30.3 Å². The summed E-state index contributed by atoms with van der Waals surface area (Å²) in [6, 6.07) is 18.5. The number of nitrogens with two attached hydrogens (primary N) is 1. The Morgan fingerprint density at radius 1 is 0.556 bits per heavy atom. The van der Waals surface area contributed by atoms with E-state index in [1.54, 1.807) is 56.3 Å². The number of benzene rings is 3. The Morgan fingerprint density at radius 2 is 0.819 bits per heavy atom. The molecule has 6 aromatic rings. The number of nitrogens with one attached hydrogen (secondary N) is 2. The van der Waals surface area contributed by atoms with E-state index < -0.39 is 14.8 Å². The second kappa shape index (κ2) is 49.5. The third-order valence-corrected chi connectivity index (χ3v) is 6.69. The van der Waals surface area contributed by atoms with E-state index in [-0.39, 0.29) is 65.7 Å². The van der Waals surface area contributed by atoms with Crippen LogP contribution >= 0.6 is 219 Å². The van der Waals surface area contributed by atoms with E-state index in [9.17, 15) is 30.3 Å². The minimum absolute atomic E-state index is 0.0202. The average molecular weight is 2040 g/mol. The van der Waals surface area contributed by atoms with Crippen LogP contribution in [0.5, 0.6) is 0 Å². The third kappa shape index (κ3) is 42.2. The molecule has 3 aromatic heterocycles. The van der Waals surface area contributed by atoms with Gasteiger partial charge in [0.2, 0.25) is 33.0 Å². The second-order valence-corrected chi connectivity index (χ2v) is 62.7. The van der Waals surface area contributed by atoms with E-state index in [1.807, 2.05) is 41.5 Å². The molecule has 0 spiro atoms. The number of aromatic nitrogens is 9. The van der Waals surface area contributed by atoms with Crippen molar-refractivity contribution in [2.24, 2.45) is 0 Å². The fourth-order valence-corrected chi connectivity index (χ4v) is 4.73. The predicted octanol–water partition coefficient (Wildman–Crippen LogP) is 17.1. The van der Waals surface area contributed by atoms with Crippen molar-refractivity contribution in [3.63, 3.8) is 0 Å². The third-order valence-electron chi connectivity index (χ3n) is 5.83. The monoisotopic (exact) mass is 2040 g/mol. The summed E-state index contributed by atoms with van der Waals surface area (Å²) in [5.41, 5.74) is 5.91. The van der Waals surface area contributed by atoms with Crippen LogP contribution in [-0.4, -0.2) is 62.0 Å². The molecule has 0 amide bonds. The van der Waals surface area contributed by atoms with Crippen molar-refractivity contribution in [3.8, 4) is 0 Å². The molecule has 0 radical (unpaired) electrons. The molecule has 6 rings (SSSR count). The van der Waals surface area contributed by atoms with Crippen LogP contribution in [0, 0.1) is 55.8 Å². The predicted molar refractivity (Wildman–Crippen MR) is 355 cm³/mol. The van der Waals surface area contributed by atoms with E-state index in [1.165, 1.54) is 32.8 Å². The van der Waals surface area contributed by atoms with Crippen molar-refractivity contribution < 1.29 is 31.3 Å². The topological polar surface area (TPSA) is 296 Å². The zero-order valence-corrected chi connectivity index (χ0v) is 61.0. The van der Waals surface area contributed by atoms with Gasteiger partial charge in [0.1, 0.15) is 28.6 Å². The van der Waals surface area contributed by atoms with E-state index in [0.29, 0.717) is 23.3 Å². The Balaban J connectivity index is -0.000000397. The average Bonchev–Trinajstić information content (AvgIpc) is 3.28. The second-order valence-electron chi connectivity index (χ2n) is 10.3. The quantitative estimate of drug-likeness (QED) is 0.0440. The maximum atomic E-state index is 10.9. The number of rotatable bonds is 7. The molecule has 0 saturated carbocycles. The first-order chi connectivity index (χ1) is 33.9. The van der Waals surface area contributed by atoms with Gasteiger partial charge in [0, 0.05) is 18.2 Å². The summed E-state index contributed by atoms with van der Waals surface area (Å²) in [4.78, 5) is 63.8. The van der Waals surface area contributed by atoms with E-state index in [2.05, 4.69) is 240 Å². The molecule has 0 bridgehead atoms. The number of nitro benzene ring substituents is 3. The first-order valence-corrected chi connectivity index (χ1v) is 41.4. The fraction of sp³-hybridized carbons (Fsp3) is 0.270. The molecule has 35 heteroatoms. The van der Waals surface area contributed by atoms with Crippen molar-refractivity contribution in [2.45, 2.75) is 55.3 Å². The standard InChI is InChI=1S/C11H11N5O2.C9H5Cl2N5O2.C6H6N2O2.C3HCl3N3.3C2H6.CHI3.CH2I2.3HI.V/c1-7-12-8(2)14-11(13-7)15-9-5-3-4-6-10(9)16(17)18;10-7-13-8(11)15-9(14-7)12-5-3-1-2-4-6(5)16(17)18;7-5-3-1-2-4-6(5)8(9)10;4-1-7-2(5)9-3(6)8-1;3*1-2;2-1(3)4;2-1-3;;;;/h3-6H,1-2H3,(H,12,13,14,15);1-4H,(H,12,13,14,15);1-4H,7H2;4H;3*1-2H3;1H;1H2;3*1H;/q;;;+1;;;;;;;;;+3/p-3. The molecule has 3 heterocycles. The van der Waals surface area contributed by atoms with Crippen molar-refractivity contribution in [1.82, 2.24) is 44.9 Å². The van der Waals surface area contributed by atoms with E-state index in [4.69, 9.17) is 52.1 Å². The Bertz CT molecular complexity index is 2270. The number of halogens is 13. The maximum absolute atomic E-state index is 10.9.